The molecular weight excluding hydrogens is 397 g/mol. The molecule has 1 saturated heterocycles. The van der Waals surface area contributed by atoms with E-state index in [1.54, 1.807) is 0 Å². The minimum atomic E-state index is -4.00. The third-order valence-corrected chi connectivity index (χ3v) is 4.66. The largest absolute Gasteiger partial charge is 0.367 e. The molecule has 0 atom stereocenters. The van der Waals surface area contributed by atoms with Gasteiger partial charge < -0.3 is 5.31 Å². The van der Waals surface area contributed by atoms with E-state index >= 15 is 0 Å². The SMILES string of the molecule is [2H]c1nc(N([2H])C2([2H])C([2H])([2H])C([2H])([2H])N(C([2H])([2H])c3cc(C)c(F)c(C#N)c3)C([2H])([2H])C2([2H])[2H])c2c([2H])c(Cl)sc2n1. The molecule has 4 rings (SSSR count). The van der Waals surface area contributed by atoms with E-state index in [0.29, 0.717) is 17.4 Å². The lowest BCUT2D eigenvalue weighted by Gasteiger charge is -2.32. The maximum Gasteiger partial charge on any atom is 0.162 e. The summed E-state index contributed by atoms with van der Waals surface area (Å²) in [7, 11) is 0. The second-order valence-electron chi connectivity index (χ2n) is 5.48. The second-order valence-corrected chi connectivity index (χ2v) is 7.08. The lowest BCUT2D eigenvalue weighted by Crippen LogP contribution is -2.38. The van der Waals surface area contributed by atoms with E-state index < -0.39 is 83.6 Å². The molecule has 1 fully saturated rings. The predicted molar refractivity (Wildman–Crippen MR) is 110 cm³/mol. The maximum absolute atomic E-state index is 14.4. The number of nitriles is 1. The summed E-state index contributed by atoms with van der Waals surface area (Å²) in [5.74, 6) is -1.94. The van der Waals surface area contributed by atoms with Gasteiger partial charge in [0, 0.05) is 39.2 Å². The third kappa shape index (κ3) is 3.95. The van der Waals surface area contributed by atoms with Crippen LogP contribution in [0.3, 0.4) is 0 Å². The molecule has 28 heavy (non-hydrogen) atoms. The summed E-state index contributed by atoms with van der Waals surface area (Å²) in [6.07, 6.45) is -8.81. The Bertz CT molecular complexity index is 1630. The number of halogens is 2. The first-order valence-electron chi connectivity index (χ1n) is 14.6. The summed E-state index contributed by atoms with van der Waals surface area (Å²) in [6.45, 7) is -10.2. The normalized spacial score (nSPS) is 31.8. The van der Waals surface area contributed by atoms with Gasteiger partial charge in [-0.3, -0.25) is 4.90 Å². The van der Waals surface area contributed by atoms with Crippen LogP contribution in [0, 0.1) is 24.1 Å². The van der Waals surface area contributed by atoms with E-state index in [2.05, 4.69) is 9.97 Å². The molecular formula is C20H19ClFN5S. The Morgan fingerprint density at radius 2 is 2.36 bits per heavy atom. The zero-order valence-corrected chi connectivity index (χ0v) is 15.6. The fourth-order valence-electron chi connectivity index (χ4n) is 2.34. The van der Waals surface area contributed by atoms with E-state index in [9.17, 15) is 9.65 Å². The van der Waals surface area contributed by atoms with Crippen LogP contribution in [0.5, 0.6) is 0 Å². The Morgan fingerprint density at radius 1 is 1.57 bits per heavy atom. The molecule has 0 aliphatic carbocycles. The first-order valence-corrected chi connectivity index (χ1v) is 8.87. The van der Waals surface area contributed by atoms with Gasteiger partial charge in [-0.15, -0.1) is 11.3 Å². The minimum Gasteiger partial charge on any atom is -0.367 e. The number of hydrogen-bond acceptors (Lipinski definition) is 6. The number of nitrogens with zero attached hydrogens (tertiary/aromatic N) is 4. The van der Waals surface area contributed by atoms with Gasteiger partial charge in [0.25, 0.3) is 0 Å². The highest BCUT2D eigenvalue weighted by Crippen LogP contribution is 2.32. The summed E-state index contributed by atoms with van der Waals surface area (Å²) in [5.41, 5.74) is -1.69. The Balaban J connectivity index is 2.02. The first-order chi connectivity index (χ1) is 18.9. The van der Waals surface area contributed by atoms with Crippen LogP contribution >= 0.6 is 22.9 Å². The number of aryl methyl sites for hydroxylation is 1. The summed E-state index contributed by atoms with van der Waals surface area (Å²) < 4.78 is 135. The van der Waals surface area contributed by atoms with Crippen LogP contribution < -0.4 is 5.31 Å². The van der Waals surface area contributed by atoms with Gasteiger partial charge in [0.15, 0.2) is 1.41 Å². The predicted octanol–water partition coefficient (Wildman–Crippen LogP) is 4.74. The number of thiophene rings is 1. The second kappa shape index (κ2) is 8.00. The Labute approximate surface area is 191 Å². The van der Waals surface area contributed by atoms with E-state index in [-0.39, 0.29) is 20.0 Å². The first kappa shape index (κ1) is 8.62. The smallest absolute Gasteiger partial charge is 0.162 e. The number of piperidine rings is 1. The van der Waals surface area contributed by atoms with Crippen LogP contribution in [0.2, 0.25) is 5.75 Å². The number of anilines is 1. The molecule has 0 saturated carbocycles. The van der Waals surface area contributed by atoms with Crippen molar-refractivity contribution in [2.75, 3.05) is 18.3 Å². The van der Waals surface area contributed by atoms with Crippen molar-refractivity contribution >= 4 is 39.0 Å². The summed E-state index contributed by atoms with van der Waals surface area (Å²) in [5, 5.41) is 8.59. The molecule has 3 aromatic rings. The number of rotatable bonds is 4. The van der Waals surface area contributed by atoms with Crippen LogP contribution in [0.15, 0.2) is 24.5 Å². The minimum absolute atomic E-state index is 0.165. The molecule has 0 amide bonds. The van der Waals surface area contributed by atoms with Crippen molar-refractivity contribution in [3.05, 3.63) is 51.3 Å². The standard InChI is InChI=1S/C20H19ClFN5S/c1-12-6-13(7-14(9-23)18(12)22)10-27-4-2-15(3-5-27)26-19-16-8-17(21)28-20(16)25-11-24-19/h6-8,11,15H,2-5,10H2,1H3,(H,24,25,26)/i2D2,3D2,4D2,5D2,8D,10D2,11D,15D/hD. The van der Waals surface area contributed by atoms with E-state index in [0.717, 1.165) is 13.0 Å². The fraction of sp³-hybridized carbons (Fsp3) is 0.350. The zero-order valence-electron chi connectivity index (χ0n) is 28.1. The molecule has 0 unspecified atom stereocenters. The van der Waals surface area contributed by atoms with Crippen LogP contribution in [0.25, 0.3) is 10.2 Å². The van der Waals surface area contributed by atoms with Crippen molar-refractivity contribution in [1.82, 2.24) is 14.9 Å². The maximum atomic E-state index is 14.4. The molecule has 5 nitrogen and oxygen atoms in total. The lowest BCUT2D eigenvalue weighted by molar-refractivity contribution is 0.211. The average Bonchev–Trinajstić information content (AvgIpc) is 3.14. The van der Waals surface area contributed by atoms with Crippen LogP contribution in [-0.2, 0) is 6.50 Å². The van der Waals surface area contributed by atoms with Crippen molar-refractivity contribution in [3.63, 3.8) is 0 Å². The molecule has 0 radical (unpaired) electrons. The molecule has 0 bridgehead atoms. The van der Waals surface area contributed by atoms with Gasteiger partial charge in [-0.1, -0.05) is 17.7 Å². The molecule has 3 heterocycles. The molecule has 2 aromatic heterocycles. The van der Waals surface area contributed by atoms with Gasteiger partial charge in [0.05, 0.1) is 18.0 Å². The van der Waals surface area contributed by atoms with Gasteiger partial charge in [-0.25, -0.2) is 14.4 Å². The lowest BCUT2D eigenvalue weighted by atomic mass is 10.0. The number of fused-ring (bicyclic) bond motifs is 1. The number of nitrogens with one attached hydrogen (secondary N) is 1. The van der Waals surface area contributed by atoms with E-state index in [4.69, 9.17) is 30.8 Å². The van der Waals surface area contributed by atoms with Gasteiger partial charge in [-0.05, 0) is 42.9 Å². The highest BCUT2D eigenvalue weighted by atomic mass is 35.5. The molecule has 8 heteroatoms. The van der Waals surface area contributed by atoms with Crippen molar-refractivity contribution in [1.29, 1.82) is 5.26 Å². The molecule has 1 N–H and O–H groups in total. The molecule has 0 spiro atoms. The topological polar surface area (TPSA) is 64.8 Å². The quantitative estimate of drug-likeness (QED) is 0.648. The number of likely N-dealkylation sites (tertiary alicyclic amines) is 1. The monoisotopic (exact) mass is 429 g/mol. The van der Waals surface area contributed by atoms with Crippen molar-refractivity contribution in [2.45, 2.75) is 32.2 Å². The van der Waals surface area contributed by atoms with Gasteiger partial charge in [0.2, 0.25) is 0 Å². The number of hydrogen-bond donors (Lipinski definition) is 1. The highest BCUT2D eigenvalue weighted by molar-refractivity contribution is 7.22. The molecule has 144 valence electrons. The van der Waals surface area contributed by atoms with Crippen LogP contribution in [-0.4, -0.2) is 33.9 Å². The summed E-state index contributed by atoms with van der Waals surface area (Å²) >= 11 is 6.66. The Morgan fingerprint density at radius 3 is 3.11 bits per heavy atom. The Kier molecular flexibility index (Phi) is 2.46. The summed E-state index contributed by atoms with van der Waals surface area (Å²) in [4.78, 5) is 6.83. The third-order valence-electron chi connectivity index (χ3n) is 3.56. The van der Waals surface area contributed by atoms with Gasteiger partial charge in [0.1, 0.15) is 30.2 Å². The Hall–Kier alpha value is -2.27. The van der Waals surface area contributed by atoms with Gasteiger partial charge >= 0.3 is 0 Å². The molecule has 1 aromatic carbocycles. The average molecular weight is 430 g/mol. The molecule has 1 aliphatic rings. The van der Waals surface area contributed by atoms with E-state index in [1.807, 2.05) is 0 Å². The number of aromatic nitrogens is 2. The fourth-order valence-corrected chi connectivity index (χ4v) is 3.30. The molecule has 1 aliphatic heterocycles. The summed E-state index contributed by atoms with van der Waals surface area (Å²) in [6, 6.07) is -1.47. The van der Waals surface area contributed by atoms with Crippen LogP contribution in [0.4, 0.5) is 10.2 Å². The zero-order chi connectivity index (χ0) is 32.2. The van der Waals surface area contributed by atoms with Crippen molar-refractivity contribution in [2.24, 2.45) is 0 Å². The highest BCUT2D eigenvalue weighted by Gasteiger charge is 2.21. The van der Waals surface area contributed by atoms with E-state index in [1.165, 1.54) is 6.07 Å². The van der Waals surface area contributed by atoms with Gasteiger partial charge in [-0.2, -0.15) is 5.26 Å². The van der Waals surface area contributed by atoms with Crippen molar-refractivity contribution in [3.8, 4) is 6.07 Å². The van der Waals surface area contributed by atoms with Crippen LogP contribution in [0.1, 0.15) is 47.3 Å². The number of benzene rings is 1. The van der Waals surface area contributed by atoms with Crippen molar-refractivity contribution < 1.29 is 23.6 Å².